The van der Waals surface area contributed by atoms with Crippen LogP contribution in [-0.4, -0.2) is 70.3 Å². The molecule has 0 bridgehead atoms. The minimum Gasteiger partial charge on any atom is -0.497 e. The normalized spacial score (nSPS) is 14.5. The number of amides is 1. The molecule has 1 amide bonds. The van der Waals surface area contributed by atoms with Crippen LogP contribution in [0.4, 0.5) is 0 Å². The van der Waals surface area contributed by atoms with Crippen molar-refractivity contribution in [3.63, 3.8) is 0 Å². The first kappa shape index (κ1) is 22.2. The Morgan fingerprint density at radius 1 is 1.12 bits per heavy atom. The lowest BCUT2D eigenvalue weighted by Crippen LogP contribution is -2.49. The van der Waals surface area contributed by atoms with Gasteiger partial charge in [-0.2, -0.15) is 5.10 Å². The molecule has 1 saturated heterocycles. The number of hydrogen-bond acceptors (Lipinski definition) is 5. The van der Waals surface area contributed by atoms with Crippen molar-refractivity contribution in [3.8, 4) is 17.1 Å². The van der Waals surface area contributed by atoms with Gasteiger partial charge < -0.3 is 9.64 Å². The Morgan fingerprint density at radius 3 is 2.56 bits per heavy atom. The Morgan fingerprint density at radius 2 is 1.88 bits per heavy atom. The molecule has 4 rings (SSSR count). The van der Waals surface area contributed by atoms with Crippen molar-refractivity contribution in [2.75, 3.05) is 39.8 Å². The highest BCUT2D eigenvalue weighted by atomic mass is 32.1. The molecule has 1 aromatic heterocycles. The molecule has 0 saturated carbocycles. The molecular weight excluding hydrogens is 422 g/mol. The van der Waals surface area contributed by atoms with E-state index in [2.05, 4.69) is 27.2 Å². The number of piperazine rings is 1. The molecule has 3 aromatic rings. The summed E-state index contributed by atoms with van der Waals surface area (Å²) < 4.78 is 7.48. The molecule has 0 aliphatic carbocycles. The zero-order valence-electron chi connectivity index (χ0n) is 18.6. The standard InChI is InChI=1S/C24H29N5O2S/c1-18-4-3-5-20(16-18)23-25-26-24(32)29(23)17-22(30)28-14-12-27(13-15-28)11-10-19-6-8-21(31-2)9-7-19/h3-9,16H,10-15,17H2,1-2H3,(H,26,32). The summed E-state index contributed by atoms with van der Waals surface area (Å²) in [6, 6.07) is 16.3. The van der Waals surface area contributed by atoms with E-state index in [0.717, 1.165) is 56.0 Å². The van der Waals surface area contributed by atoms with Crippen molar-refractivity contribution < 1.29 is 9.53 Å². The maximum absolute atomic E-state index is 13.0. The summed E-state index contributed by atoms with van der Waals surface area (Å²) in [7, 11) is 1.68. The predicted molar refractivity (Wildman–Crippen MR) is 127 cm³/mol. The van der Waals surface area contributed by atoms with E-state index in [1.54, 1.807) is 11.7 Å². The van der Waals surface area contributed by atoms with Crippen molar-refractivity contribution >= 4 is 18.1 Å². The van der Waals surface area contributed by atoms with Gasteiger partial charge in [0.2, 0.25) is 5.91 Å². The van der Waals surface area contributed by atoms with Crippen molar-refractivity contribution in [2.45, 2.75) is 19.9 Å². The lowest BCUT2D eigenvalue weighted by Gasteiger charge is -2.34. The van der Waals surface area contributed by atoms with Crippen molar-refractivity contribution in [3.05, 3.63) is 64.4 Å². The lowest BCUT2D eigenvalue weighted by atomic mass is 10.1. The number of carbonyl (C=O) groups is 1. The Kier molecular flexibility index (Phi) is 7.02. The molecule has 0 unspecified atom stereocenters. The van der Waals surface area contributed by atoms with E-state index in [1.165, 1.54) is 5.56 Å². The quantitative estimate of drug-likeness (QED) is 0.559. The number of nitrogens with one attached hydrogen (secondary N) is 1. The largest absolute Gasteiger partial charge is 0.497 e. The van der Waals surface area contributed by atoms with Crippen molar-refractivity contribution in [1.82, 2.24) is 24.6 Å². The van der Waals surface area contributed by atoms with Gasteiger partial charge in [-0.05, 0) is 49.3 Å². The van der Waals surface area contributed by atoms with Gasteiger partial charge in [0, 0.05) is 38.3 Å². The molecule has 168 valence electrons. The molecule has 8 heteroatoms. The van der Waals surface area contributed by atoms with Crippen LogP contribution < -0.4 is 4.74 Å². The van der Waals surface area contributed by atoms with Crippen LogP contribution in [0.1, 0.15) is 11.1 Å². The predicted octanol–water partition coefficient (Wildman–Crippen LogP) is 3.31. The zero-order valence-corrected chi connectivity index (χ0v) is 19.4. The van der Waals surface area contributed by atoms with E-state index in [4.69, 9.17) is 17.0 Å². The lowest BCUT2D eigenvalue weighted by molar-refractivity contribution is -0.133. The van der Waals surface area contributed by atoms with Crippen LogP contribution in [0.5, 0.6) is 5.75 Å². The number of hydrogen-bond donors (Lipinski definition) is 1. The average Bonchev–Trinajstić information content (AvgIpc) is 3.18. The Labute approximate surface area is 193 Å². The fraction of sp³-hybridized carbons (Fsp3) is 0.375. The second-order valence-electron chi connectivity index (χ2n) is 8.13. The summed E-state index contributed by atoms with van der Waals surface area (Å²) >= 11 is 5.40. The second-order valence-corrected chi connectivity index (χ2v) is 8.52. The number of benzene rings is 2. The van der Waals surface area contributed by atoms with Crippen LogP contribution in [0.2, 0.25) is 0 Å². The third kappa shape index (κ3) is 5.26. The van der Waals surface area contributed by atoms with Crippen molar-refractivity contribution in [2.24, 2.45) is 0 Å². The van der Waals surface area contributed by atoms with Gasteiger partial charge in [-0.1, -0.05) is 35.9 Å². The van der Waals surface area contributed by atoms with Crippen molar-refractivity contribution in [1.29, 1.82) is 0 Å². The highest BCUT2D eigenvalue weighted by molar-refractivity contribution is 7.71. The number of ether oxygens (including phenoxy) is 1. The SMILES string of the molecule is COc1ccc(CCN2CCN(C(=O)Cn3c(-c4cccc(C)c4)n[nH]c3=S)CC2)cc1. The van der Waals surface area contributed by atoms with E-state index in [9.17, 15) is 4.79 Å². The Bertz CT molecular complexity index is 1110. The Hall–Kier alpha value is -2.97. The molecule has 2 heterocycles. The van der Waals surface area contributed by atoms with Gasteiger partial charge in [0.1, 0.15) is 12.3 Å². The molecule has 2 aromatic carbocycles. The van der Waals surface area contributed by atoms with Gasteiger partial charge in [0.25, 0.3) is 0 Å². The van der Waals surface area contributed by atoms with Gasteiger partial charge >= 0.3 is 0 Å². The van der Waals surface area contributed by atoms with Crippen LogP contribution in [0.25, 0.3) is 11.4 Å². The van der Waals surface area contributed by atoms with Gasteiger partial charge in [-0.3, -0.25) is 19.4 Å². The molecular formula is C24H29N5O2S. The molecule has 0 atom stereocenters. The minimum atomic E-state index is 0.0752. The smallest absolute Gasteiger partial charge is 0.242 e. The minimum absolute atomic E-state index is 0.0752. The van der Waals surface area contributed by atoms with Gasteiger partial charge in [0.05, 0.1) is 7.11 Å². The molecule has 1 N–H and O–H groups in total. The van der Waals surface area contributed by atoms with E-state index < -0.39 is 0 Å². The van der Waals surface area contributed by atoms with Crippen LogP contribution in [0.3, 0.4) is 0 Å². The van der Waals surface area contributed by atoms with E-state index in [1.807, 2.05) is 48.2 Å². The number of aromatic nitrogens is 3. The molecule has 7 nitrogen and oxygen atoms in total. The van der Waals surface area contributed by atoms with Crippen LogP contribution in [0.15, 0.2) is 48.5 Å². The fourth-order valence-electron chi connectivity index (χ4n) is 4.00. The molecule has 1 aliphatic rings. The monoisotopic (exact) mass is 451 g/mol. The number of nitrogens with zero attached hydrogens (tertiary/aromatic N) is 4. The summed E-state index contributed by atoms with van der Waals surface area (Å²) in [6.45, 7) is 6.43. The summed E-state index contributed by atoms with van der Waals surface area (Å²) in [4.78, 5) is 17.3. The number of carbonyl (C=O) groups excluding carboxylic acids is 1. The summed E-state index contributed by atoms with van der Waals surface area (Å²) in [5.74, 6) is 1.65. The molecule has 0 radical (unpaired) electrons. The highest BCUT2D eigenvalue weighted by Crippen LogP contribution is 2.19. The van der Waals surface area contributed by atoms with E-state index in [-0.39, 0.29) is 12.5 Å². The first-order valence-corrected chi connectivity index (χ1v) is 11.3. The topological polar surface area (TPSA) is 66.4 Å². The summed E-state index contributed by atoms with van der Waals surface area (Å²) in [6.07, 6.45) is 0.988. The van der Waals surface area contributed by atoms with E-state index >= 15 is 0 Å². The van der Waals surface area contributed by atoms with E-state index in [0.29, 0.717) is 10.6 Å². The fourth-order valence-corrected chi connectivity index (χ4v) is 4.20. The van der Waals surface area contributed by atoms with Crippen LogP contribution in [-0.2, 0) is 17.8 Å². The van der Waals surface area contributed by atoms with Crippen LogP contribution in [0, 0.1) is 11.7 Å². The molecule has 1 fully saturated rings. The van der Waals surface area contributed by atoms with Gasteiger partial charge in [0.15, 0.2) is 10.6 Å². The first-order valence-electron chi connectivity index (χ1n) is 10.9. The second kappa shape index (κ2) is 10.1. The molecule has 1 aliphatic heterocycles. The van der Waals surface area contributed by atoms with Gasteiger partial charge in [-0.15, -0.1) is 0 Å². The number of rotatable bonds is 7. The number of aromatic amines is 1. The summed E-state index contributed by atoms with van der Waals surface area (Å²) in [5.41, 5.74) is 3.39. The summed E-state index contributed by atoms with van der Waals surface area (Å²) in [5, 5.41) is 7.20. The molecule has 32 heavy (non-hydrogen) atoms. The zero-order chi connectivity index (χ0) is 22.5. The first-order chi connectivity index (χ1) is 15.5. The van der Waals surface area contributed by atoms with Crippen LogP contribution >= 0.6 is 12.2 Å². The number of aryl methyl sites for hydroxylation is 1. The maximum Gasteiger partial charge on any atom is 0.242 e. The number of H-pyrrole nitrogens is 1. The third-order valence-electron chi connectivity index (χ3n) is 5.93. The molecule has 0 spiro atoms. The number of methoxy groups -OCH3 is 1. The van der Waals surface area contributed by atoms with Gasteiger partial charge in [-0.25, -0.2) is 0 Å². The average molecular weight is 452 g/mol. The third-order valence-corrected chi connectivity index (χ3v) is 6.24. The highest BCUT2D eigenvalue weighted by Gasteiger charge is 2.22. The maximum atomic E-state index is 13.0. The Balaban J connectivity index is 1.31.